The van der Waals surface area contributed by atoms with Gasteiger partial charge in [0, 0.05) is 6.08 Å². The van der Waals surface area contributed by atoms with Gasteiger partial charge in [0.2, 0.25) is 0 Å². The zero-order chi connectivity index (χ0) is 20.5. The van der Waals surface area contributed by atoms with Gasteiger partial charge < -0.3 is 9.47 Å². The lowest BCUT2D eigenvalue weighted by Crippen LogP contribution is -2.02. The van der Waals surface area contributed by atoms with E-state index in [0.29, 0.717) is 5.95 Å². The van der Waals surface area contributed by atoms with Gasteiger partial charge in [0.1, 0.15) is 0 Å². The van der Waals surface area contributed by atoms with Crippen molar-refractivity contribution in [3.8, 4) is 0 Å². The van der Waals surface area contributed by atoms with E-state index < -0.39 is 0 Å². The molecule has 0 amide bonds. The maximum absolute atomic E-state index is 5.89. The van der Waals surface area contributed by atoms with Crippen molar-refractivity contribution in [1.29, 1.82) is 0 Å². The SMILES string of the molecule is CCC=CC=C(OCCCCCCCCCC)OCCCCCCCCCC. The molecule has 0 aliphatic rings. The number of allylic oxidation sites excluding steroid dienone is 3. The summed E-state index contributed by atoms with van der Waals surface area (Å²) in [4.78, 5) is 0. The Morgan fingerprint density at radius 1 is 0.536 bits per heavy atom. The molecule has 28 heavy (non-hydrogen) atoms. The zero-order valence-corrected chi connectivity index (χ0v) is 19.5. The minimum Gasteiger partial charge on any atom is -0.465 e. The summed E-state index contributed by atoms with van der Waals surface area (Å²) in [5.74, 6) is 0.704. The highest BCUT2D eigenvalue weighted by Crippen LogP contribution is 2.11. The quantitative estimate of drug-likeness (QED) is 0.103. The summed E-state index contributed by atoms with van der Waals surface area (Å²) >= 11 is 0. The highest BCUT2D eigenvalue weighted by Gasteiger charge is 2.00. The molecule has 0 heterocycles. The lowest BCUT2D eigenvalue weighted by molar-refractivity contribution is 0.0323. The lowest BCUT2D eigenvalue weighted by atomic mass is 10.1. The highest BCUT2D eigenvalue weighted by atomic mass is 16.7. The molecular formula is C26H50O2. The molecule has 0 fully saturated rings. The predicted octanol–water partition coefficient (Wildman–Crippen LogP) is 9.11. The van der Waals surface area contributed by atoms with Crippen LogP contribution >= 0.6 is 0 Å². The summed E-state index contributed by atoms with van der Waals surface area (Å²) in [6.45, 7) is 8.24. The van der Waals surface area contributed by atoms with Crippen molar-refractivity contribution in [2.75, 3.05) is 13.2 Å². The van der Waals surface area contributed by atoms with Crippen molar-refractivity contribution in [2.45, 2.75) is 130 Å². The summed E-state index contributed by atoms with van der Waals surface area (Å²) in [5.41, 5.74) is 0. The second kappa shape index (κ2) is 24.1. The van der Waals surface area contributed by atoms with E-state index in [1.54, 1.807) is 0 Å². The molecule has 0 saturated heterocycles. The van der Waals surface area contributed by atoms with E-state index in [-0.39, 0.29) is 0 Å². The molecule has 0 aromatic heterocycles. The van der Waals surface area contributed by atoms with Crippen LogP contribution in [0.5, 0.6) is 0 Å². The second-order valence-corrected chi connectivity index (χ2v) is 7.97. The summed E-state index contributed by atoms with van der Waals surface area (Å²) < 4.78 is 11.8. The van der Waals surface area contributed by atoms with E-state index in [9.17, 15) is 0 Å². The topological polar surface area (TPSA) is 18.5 Å². The van der Waals surface area contributed by atoms with Gasteiger partial charge in [-0.05, 0) is 19.3 Å². The Bertz CT molecular complexity index is 322. The first-order valence-electron chi connectivity index (χ1n) is 12.5. The number of rotatable bonds is 22. The number of unbranched alkanes of at least 4 members (excludes halogenated alkanes) is 14. The van der Waals surface area contributed by atoms with Gasteiger partial charge >= 0.3 is 0 Å². The smallest absolute Gasteiger partial charge is 0.279 e. The van der Waals surface area contributed by atoms with Gasteiger partial charge in [-0.3, -0.25) is 0 Å². The second-order valence-electron chi connectivity index (χ2n) is 7.97. The van der Waals surface area contributed by atoms with E-state index in [1.807, 2.05) is 6.08 Å². The van der Waals surface area contributed by atoms with Crippen LogP contribution in [0.3, 0.4) is 0 Å². The Hall–Kier alpha value is -0.920. The minimum atomic E-state index is 0.704. The molecule has 0 unspecified atom stereocenters. The molecule has 0 N–H and O–H groups in total. The first-order chi connectivity index (χ1) is 13.8. The monoisotopic (exact) mass is 394 g/mol. The summed E-state index contributed by atoms with van der Waals surface area (Å²) in [6.07, 6.45) is 28.4. The number of hydrogen-bond acceptors (Lipinski definition) is 2. The van der Waals surface area contributed by atoms with Crippen molar-refractivity contribution in [3.05, 3.63) is 24.2 Å². The van der Waals surface area contributed by atoms with Crippen LogP contribution in [0.2, 0.25) is 0 Å². The van der Waals surface area contributed by atoms with Crippen LogP contribution in [-0.4, -0.2) is 13.2 Å². The van der Waals surface area contributed by atoms with Gasteiger partial charge in [0.15, 0.2) is 0 Å². The van der Waals surface area contributed by atoms with E-state index in [0.717, 1.165) is 32.5 Å². The predicted molar refractivity (Wildman–Crippen MR) is 125 cm³/mol. The Morgan fingerprint density at radius 3 is 1.32 bits per heavy atom. The fourth-order valence-electron chi connectivity index (χ4n) is 3.24. The third-order valence-corrected chi connectivity index (χ3v) is 5.09. The normalized spacial score (nSPS) is 11.1. The Balaban J connectivity index is 3.75. The fraction of sp³-hybridized carbons (Fsp3) is 0.846. The largest absolute Gasteiger partial charge is 0.465 e. The maximum Gasteiger partial charge on any atom is 0.279 e. The van der Waals surface area contributed by atoms with Crippen LogP contribution < -0.4 is 0 Å². The average Bonchev–Trinajstić information content (AvgIpc) is 2.71. The van der Waals surface area contributed by atoms with Crippen LogP contribution in [0.25, 0.3) is 0 Å². The van der Waals surface area contributed by atoms with Gasteiger partial charge in [-0.2, -0.15) is 0 Å². The molecule has 2 nitrogen and oxygen atoms in total. The fourth-order valence-corrected chi connectivity index (χ4v) is 3.24. The lowest BCUT2D eigenvalue weighted by Gasteiger charge is -2.12. The molecule has 0 spiro atoms. The Labute approximate surface area is 177 Å². The van der Waals surface area contributed by atoms with Crippen LogP contribution in [0.4, 0.5) is 0 Å². The zero-order valence-electron chi connectivity index (χ0n) is 19.5. The maximum atomic E-state index is 5.89. The first-order valence-corrected chi connectivity index (χ1v) is 12.5. The summed E-state index contributed by atoms with van der Waals surface area (Å²) in [6, 6.07) is 0. The summed E-state index contributed by atoms with van der Waals surface area (Å²) in [5, 5.41) is 0. The van der Waals surface area contributed by atoms with Crippen molar-refractivity contribution in [2.24, 2.45) is 0 Å². The van der Waals surface area contributed by atoms with Crippen molar-refractivity contribution < 1.29 is 9.47 Å². The van der Waals surface area contributed by atoms with Gasteiger partial charge in [-0.15, -0.1) is 0 Å². The molecule has 0 aliphatic heterocycles. The first kappa shape index (κ1) is 27.1. The molecule has 0 radical (unpaired) electrons. The Morgan fingerprint density at radius 2 is 0.929 bits per heavy atom. The van der Waals surface area contributed by atoms with E-state index in [2.05, 4.69) is 32.9 Å². The highest BCUT2D eigenvalue weighted by molar-refractivity contribution is 5.03. The van der Waals surface area contributed by atoms with Crippen LogP contribution in [0.15, 0.2) is 24.2 Å². The molecule has 0 aromatic carbocycles. The number of hydrogen-bond donors (Lipinski definition) is 0. The van der Waals surface area contributed by atoms with E-state index in [4.69, 9.17) is 9.47 Å². The molecule has 0 aliphatic carbocycles. The number of ether oxygens (including phenoxy) is 2. The Kier molecular flexibility index (Phi) is 23.3. The standard InChI is InChI=1S/C26H50O2/c1-4-7-10-12-14-16-18-21-24-27-26(23-20-9-6-3)28-25-22-19-17-15-13-11-8-5-2/h9,20,23H,4-8,10-19,21-22,24-25H2,1-3H3. The van der Waals surface area contributed by atoms with Crippen molar-refractivity contribution >= 4 is 0 Å². The molecule has 0 atom stereocenters. The molecule has 0 saturated carbocycles. The minimum absolute atomic E-state index is 0.704. The molecule has 0 bridgehead atoms. The van der Waals surface area contributed by atoms with Gasteiger partial charge in [0.05, 0.1) is 13.2 Å². The molecule has 0 aromatic rings. The molecule has 166 valence electrons. The van der Waals surface area contributed by atoms with Crippen LogP contribution in [0.1, 0.15) is 130 Å². The van der Waals surface area contributed by atoms with Crippen molar-refractivity contribution in [1.82, 2.24) is 0 Å². The molecule has 2 heteroatoms. The van der Waals surface area contributed by atoms with Crippen molar-refractivity contribution in [3.63, 3.8) is 0 Å². The molecular weight excluding hydrogens is 344 g/mol. The van der Waals surface area contributed by atoms with Crippen LogP contribution in [-0.2, 0) is 9.47 Å². The van der Waals surface area contributed by atoms with Gasteiger partial charge in [-0.25, -0.2) is 0 Å². The van der Waals surface area contributed by atoms with E-state index in [1.165, 1.54) is 89.9 Å². The average molecular weight is 395 g/mol. The van der Waals surface area contributed by atoms with Crippen LogP contribution in [0, 0.1) is 0 Å². The molecule has 0 rings (SSSR count). The summed E-state index contributed by atoms with van der Waals surface area (Å²) in [7, 11) is 0. The van der Waals surface area contributed by atoms with Gasteiger partial charge in [-0.1, -0.05) is 123 Å². The van der Waals surface area contributed by atoms with Gasteiger partial charge in [0.25, 0.3) is 5.95 Å². The third kappa shape index (κ3) is 21.4. The third-order valence-electron chi connectivity index (χ3n) is 5.09. The van der Waals surface area contributed by atoms with E-state index >= 15 is 0 Å².